The fraction of sp³-hybridized carbons (Fsp3) is 0.600. The predicted octanol–water partition coefficient (Wildman–Crippen LogP) is 0.880. The molecule has 1 aliphatic heterocycles. The van der Waals surface area contributed by atoms with Gasteiger partial charge >= 0.3 is 0 Å². The van der Waals surface area contributed by atoms with Gasteiger partial charge in [-0.3, -0.25) is 9.59 Å². The Morgan fingerprint density at radius 2 is 2.09 bits per heavy atom. The zero-order valence-electron chi connectivity index (χ0n) is 12.9. The zero-order valence-corrected chi connectivity index (χ0v) is 14.5. The van der Waals surface area contributed by atoms with Crippen LogP contribution < -0.4 is 10.6 Å². The molecule has 0 aromatic carbocycles. The molecule has 0 saturated carbocycles. The van der Waals surface area contributed by atoms with Crippen LogP contribution in [0, 0.1) is 0 Å². The van der Waals surface area contributed by atoms with Crippen molar-refractivity contribution in [1.29, 1.82) is 0 Å². The van der Waals surface area contributed by atoms with E-state index in [1.807, 2.05) is 11.4 Å². The summed E-state index contributed by atoms with van der Waals surface area (Å²) >= 11 is 1.68. The summed E-state index contributed by atoms with van der Waals surface area (Å²) in [6.07, 6.45) is 2.77. The summed E-state index contributed by atoms with van der Waals surface area (Å²) in [7, 11) is -2.99. The molecular weight excluding hydrogens is 336 g/mol. The van der Waals surface area contributed by atoms with Gasteiger partial charge < -0.3 is 10.6 Å². The summed E-state index contributed by atoms with van der Waals surface area (Å²) in [6, 6.07) is 3.76. The molecule has 1 saturated heterocycles. The molecule has 0 bridgehead atoms. The van der Waals surface area contributed by atoms with Gasteiger partial charge in [-0.25, -0.2) is 8.42 Å². The first-order valence-corrected chi connectivity index (χ1v) is 10.4. The van der Waals surface area contributed by atoms with Gasteiger partial charge in [0.2, 0.25) is 11.8 Å². The first kappa shape index (κ1) is 17.9. The number of aryl methyl sites for hydroxylation is 1. The predicted molar refractivity (Wildman–Crippen MR) is 90.1 cm³/mol. The van der Waals surface area contributed by atoms with Crippen LogP contribution in [0.4, 0.5) is 0 Å². The lowest BCUT2D eigenvalue weighted by atomic mass is 10.2. The van der Waals surface area contributed by atoms with Crippen molar-refractivity contribution in [1.82, 2.24) is 10.6 Å². The lowest BCUT2D eigenvalue weighted by molar-refractivity contribution is -0.122. The van der Waals surface area contributed by atoms with E-state index in [1.54, 1.807) is 11.3 Å². The van der Waals surface area contributed by atoms with Crippen LogP contribution in [0.5, 0.6) is 0 Å². The van der Waals surface area contributed by atoms with Crippen LogP contribution in [0.25, 0.3) is 0 Å². The lowest BCUT2D eigenvalue weighted by Gasteiger charge is -2.11. The van der Waals surface area contributed by atoms with Crippen molar-refractivity contribution >= 4 is 33.0 Å². The highest BCUT2D eigenvalue weighted by Crippen LogP contribution is 2.12. The largest absolute Gasteiger partial charge is 0.356 e. The molecule has 1 fully saturated rings. The van der Waals surface area contributed by atoms with Crippen molar-refractivity contribution in [3.8, 4) is 0 Å². The number of sulfone groups is 1. The van der Waals surface area contributed by atoms with Gasteiger partial charge in [-0.05, 0) is 30.7 Å². The van der Waals surface area contributed by atoms with Crippen molar-refractivity contribution < 1.29 is 18.0 Å². The van der Waals surface area contributed by atoms with Crippen LogP contribution >= 0.6 is 11.3 Å². The van der Waals surface area contributed by atoms with Crippen LogP contribution in [-0.4, -0.2) is 44.3 Å². The second kappa shape index (κ2) is 8.44. The summed E-state index contributed by atoms with van der Waals surface area (Å²) < 4.78 is 22.6. The van der Waals surface area contributed by atoms with Gasteiger partial charge in [-0.15, -0.1) is 11.3 Å². The minimum Gasteiger partial charge on any atom is -0.356 e. The maximum atomic E-state index is 11.7. The summed E-state index contributed by atoms with van der Waals surface area (Å²) in [5.41, 5.74) is 0. The van der Waals surface area contributed by atoms with Gasteiger partial charge in [-0.2, -0.15) is 0 Å². The van der Waals surface area contributed by atoms with E-state index in [9.17, 15) is 18.0 Å². The molecule has 128 valence electrons. The molecule has 1 aromatic rings. The Kier molecular flexibility index (Phi) is 6.59. The maximum Gasteiger partial charge on any atom is 0.222 e. The smallest absolute Gasteiger partial charge is 0.222 e. The Morgan fingerprint density at radius 3 is 2.74 bits per heavy atom. The van der Waals surface area contributed by atoms with Crippen molar-refractivity contribution in [2.45, 2.75) is 38.1 Å². The van der Waals surface area contributed by atoms with Gasteiger partial charge in [0, 0.05) is 30.3 Å². The molecule has 23 heavy (non-hydrogen) atoms. The molecule has 6 nitrogen and oxygen atoms in total. The van der Waals surface area contributed by atoms with Crippen LogP contribution in [0.3, 0.4) is 0 Å². The van der Waals surface area contributed by atoms with Gasteiger partial charge in [0.05, 0.1) is 11.5 Å². The quantitative estimate of drug-likeness (QED) is 0.721. The summed E-state index contributed by atoms with van der Waals surface area (Å²) in [5, 5.41) is 7.44. The molecule has 2 heterocycles. The molecule has 0 spiro atoms. The Bertz CT molecular complexity index is 626. The highest BCUT2D eigenvalue weighted by atomic mass is 32.2. The topological polar surface area (TPSA) is 92.3 Å². The first-order chi connectivity index (χ1) is 10.9. The normalized spacial score (nSPS) is 19.4. The van der Waals surface area contributed by atoms with Crippen LogP contribution in [-0.2, 0) is 25.8 Å². The molecule has 2 rings (SSSR count). The summed E-state index contributed by atoms with van der Waals surface area (Å²) in [5.74, 6) is -0.115. The molecule has 1 aliphatic rings. The average Bonchev–Trinajstić information content (AvgIpc) is 3.08. The van der Waals surface area contributed by atoms with E-state index < -0.39 is 9.84 Å². The Balaban J connectivity index is 1.53. The number of rotatable bonds is 8. The van der Waals surface area contributed by atoms with Crippen LogP contribution in [0.1, 0.15) is 30.6 Å². The third kappa shape index (κ3) is 6.70. The van der Waals surface area contributed by atoms with Crippen LogP contribution in [0.15, 0.2) is 17.5 Å². The van der Waals surface area contributed by atoms with Crippen molar-refractivity contribution in [2.75, 3.05) is 18.1 Å². The number of hydrogen-bond acceptors (Lipinski definition) is 5. The number of carbonyl (C=O) groups is 2. The van der Waals surface area contributed by atoms with Gasteiger partial charge in [-0.1, -0.05) is 6.07 Å². The summed E-state index contributed by atoms with van der Waals surface area (Å²) in [6.45, 7) is 0.281. The van der Waals surface area contributed by atoms with E-state index in [1.165, 1.54) is 4.88 Å². The van der Waals surface area contributed by atoms with Gasteiger partial charge in [0.15, 0.2) is 9.84 Å². The highest BCUT2D eigenvalue weighted by Gasteiger charge is 2.28. The molecule has 0 radical (unpaired) electrons. The van der Waals surface area contributed by atoms with Crippen molar-refractivity contribution in [3.63, 3.8) is 0 Å². The van der Waals surface area contributed by atoms with E-state index in [0.717, 1.165) is 12.8 Å². The number of carbonyl (C=O) groups excluding carboxylic acids is 2. The number of amides is 2. The van der Waals surface area contributed by atoms with E-state index in [0.29, 0.717) is 12.8 Å². The van der Waals surface area contributed by atoms with Crippen molar-refractivity contribution in [3.05, 3.63) is 22.4 Å². The lowest BCUT2D eigenvalue weighted by Crippen LogP contribution is -2.37. The van der Waals surface area contributed by atoms with Gasteiger partial charge in [0.1, 0.15) is 0 Å². The molecule has 1 atom stereocenters. The average molecular weight is 358 g/mol. The summed E-state index contributed by atoms with van der Waals surface area (Å²) in [4.78, 5) is 24.6. The third-order valence-electron chi connectivity index (χ3n) is 3.68. The van der Waals surface area contributed by atoms with E-state index in [4.69, 9.17) is 0 Å². The zero-order chi connectivity index (χ0) is 16.7. The highest BCUT2D eigenvalue weighted by molar-refractivity contribution is 7.91. The molecule has 8 heteroatoms. The Hall–Kier alpha value is -1.41. The molecule has 1 unspecified atom stereocenters. The molecule has 2 amide bonds. The fourth-order valence-corrected chi connectivity index (χ4v) is 4.92. The molecule has 1 aromatic heterocycles. The maximum absolute atomic E-state index is 11.7. The molecule has 0 aliphatic carbocycles. The van der Waals surface area contributed by atoms with Crippen LogP contribution in [0.2, 0.25) is 0 Å². The number of nitrogens with one attached hydrogen (secondary N) is 2. The van der Waals surface area contributed by atoms with E-state index in [2.05, 4.69) is 16.7 Å². The minimum atomic E-state index is -2.99. The van der Waals surface area contributed by atoms with Gasteiger partial charge in [0.25, 0.3) is 0 Å². The Labute approximate surface area is 140 Å². The standard InChI is InChI=1S/C15H22N2O4S2/c18-14(5-1-3-13-4-2-9-22-13)16-8-6-15(19)17-12-7-10-23(20,21)11-12/h2,4,9,12H,1,3,5-8,10-11H2,(H,16,18)(H,17,19). The van der Waals surface area contributed by atoms with E-state index in [-0.39, 0.29) is 42.3 Å². The second-order valence-corrected chi connectivity index (χ2v) is 8.96. The SMILES string of the molecule is O=C(CCCc1cccs1)NCCC(=O)NC1CCS(=O)(=O)C1. The Morgan fingerprint density at radius 1 is 1.26 bits per heavy atom. The molecular formula is C15H22N2O4S2. The number of hydrogen-bond donors (Lipinski definition) is 2. The van der Waals surface area contributed by atoms with Crippen molar-refractivity contribution in [2.24, 2.45) is 0 Å². The fourth-order valence-electron chi connectivity index (χ4n) is 2.49. The monoisotopic (exact) mass is 358 g/mol. The second-order valence-electron chi connectivity index (χ2n) is 5.70. The first-order valence-electron chi connectivity index (χ1n) is 7.73. The minimum absolute atomic E-state index is 0.0216. The number of thiophene rings is 1. The third-order valence-corrected chi connectivity index (χ3v) is 6.38. The van der Waals surface area contributed by atoms with E-state index >= 15 is 0 Å². The molecule has 2 N–H and O–H groups in total.